The van der Waals surface area contributed by atoms with E-state index in [-0.39, 0.29) is 11.8 Å². The topological polar surface area (TPSA) is 80.4 Å². The summed E-state index contributed by atoms with van der Waals surface area (Å²) in [7, 11) is -1.17. The van der Waals surface area contributed by atoms with Crippen molar-refractivity contribution in [3.8, 4) is 0 Å². The summed E-state index contributed by atoms with van der Waals surface area (Å²) in [6, 6.07) is 9.51. The molecule has 2 unspecified atom stereocenters. The summed E-state index contributed by atoms with van der Waals surface area (Å²) in [5.74, 6) is -0.465. The van der Waals surface area contributed by atoms with Crippen LogP contribution in [0.3, 0.4) is 0 Å². The molecule has 0 aliphatic rings. The molecule has 76 valence electrons. The molecule has 1 aromatic rings. The molecule has 0 radical (unpaired) electrons. The van der Waals surface area contributed by atoms with Crippen molar-refractivity contribution in [1.82, 2.24) is 0 Å². The average Bonchev–Trinajstić information content (AvgIpc) is 2.19. The Morgan fingerprint density at radius 3 is 2.21 bits per heavy atom. The molecule has 4 nitrogen and oxygen atoms in total. The van der Waals surface area contributed by atoms with E-state index in [9.17, 15) is 4.79 Å². The van der Waals surface area contributed by atoms with Gasteiger partial charge in [0.05, 0.1) is 5.92 Å². The Hall–Kier alpha value is -1.25. The molecule has 1 rings (SSSR count). The summed E-state index contributed by atoms with van der Waals surface area (Å²) >= 11 is 0. The fraction of sp³-hybridized carbons (Fsp3) is 0.222. The van der Waals surface area contributed by atoms with Crippen LogP contribution in [0.1, 0.15) is 18.4 Å². The molecule has 0 saturated heterocycles. The van der Waals surface area contributed by atoms with Crippen LogP contribution in [0.25, 0.3) is 0 Å². The second-order valence-corrected chi connectivity index (χ2v) is 2.81. The van der Waals surface area contributed by atoms with Crippen molar-refractivity contribution < 1.29 is 14.3 Å². The van der Waals surface area contributed by atoms with Gasteiger partial charge in [0, 0.05) is 0 Å². The van der Waals surface area contributed by atoms with Crippen LogP contribution in [0.15, 0.2) is 30.3 Å². The fourth-order valence-electron chi connectivity index (χ4n) is 0.906. The zero-order chi connectivity index (χ0) is 11.0. The van der Waals surface area contributed by atoms with Crippen molar-refractivity contribution >= 4 is 14.6 Å². The molecule has 0 aliphatic heterocycles. The van der Waals surface area contributed by atoms with Crippen LogP contribution in [0.2, 0.25) is 0 Å². The number of hydrogen-bond acceptors (Lipinski definition) is 2. The summed E-state index contributed by atoms with van der Waals surface area (Å²) in [6.07, 6.45) is 0. The Labute approximate surface area is 84.0 Å². The molecule has 0 spiro atoms. The highest BCUT2D eigenvalue weighted by molar-refractivity contribution is 7.16. The maximum atomic E-state index is 10.7. The van der Waals surface area contributed by atoms with E-state index in [1.165, 1.54) is 0 Å². The summed E-state index contributed by atoms with van der Waals surface area (Å²) < 4.78 is 8.51. The number of amides is 1. The van der Waals surface area contributed by atoms with Crippen molar-refractivity contribution in [1.29, 1.82) is 0 Å². The standard InChI is InChI=1S/C9H11NO.HO2P/c1-7(9(10)11)8-5-3-2-4-6-8;1-3-2/h2-7H,1H3,(H2,10,11);3H/p+1. The number of hydrogen-bond donors (Lipinski definition) is 2. The van der Waals surface area contributed by atoms with Crippen molar-refractivity contribution in [3.05, 3.63) is 35.9 Å². The summed E-state index contributed by atoms with van der Waals surface area (Å²) in [5.41, 5.74) is 6.10. The van der Waals surface area contributed by atoms with E-state index in [4.69, 9.17) is 15.2 Å². The molecule has 0 bridgehead atoms. The summed E-state index contributed by atoms with van der Waals surface area (Å²) in [4.78, 5) is 17.8. The minimum Gasteiger partial charge on any atom is -0.369 e. The van der Waals surface area contributed by atoms with Gasteiger partial charge in [0.25, 0.3) is 0 Å². The zero-order valence-corrected chi connectivity index (χ0v) is 8.81. The Balaban J connectivity index is 0.000000500. The first-order valence-electron chi connectivity index (χ1n) is 3.99. The number of primary amides is 1. The predicted octanol–water partition coefficient (Wildman–Crippen LogP) is 1.19. The van der Waals surface area contributed by atoms with Crippen molar-refractivity contribution in [2.45, 2.75) is 12.8 Å². The van der Waals surface area contributed by atoms with Crippen LogP contribution in [0.5, 0.6) is 0 Å². The van der Waals surface area contributed by atoms with Crippen LogP contribution in [0, 0.1) is 0 Å². The molecular formula is C9H13NO3P+. The van der Waals surface area contributed by atoms with Crippen molar-refractivity contribution in [2.24, 2.45) is 5.73 Å². The summed E-state index contributed by atoms with van der Waals surface area (Å²) in [6.45, 7) is 1.80. The van der Waals surface area contributed by atoms with Gasteiger partial charge < -0.3 is 5.73 Å². The smallest absolute Gasteiger partial charge is 0.369 e. The van der Waals surface area contributed by atoms with Gasteiger partial charge in [-0.1, -0.05) is 30.3 Å². The second kappa shape index (κ2) is 7.18. The third-order valence-corrected chi connectivity index (χ3v) is 1.73. The SMILES string of the molecule is CC(C(N)=O)c1ccccc1.O=[PH+]O. The number of nitrogens with two attached hydrogens (primary N) is 1. The Kier molecular flexibility index (Phi) is 6.54. The third kappa shape index (κ3) is 4.70. The average molecular weight is 214 g/mol. The lowest BCUT2D eigenvalue weighted by atomic mass is 10.0. The molecule has 1 aromatic carbocycles. The highest BCUT2D eigenvalue weighted by atomic mass is 31.1. The van der Waals surface area contributed by atoms with E-state index in [0.29, 0.717) is 0 Å². The van der Waals surface area contributed by atoms with Gasteiger partial charge in [0.2, 0.25) is 5.91 Å². The highest BCUT2D eigenvalue weighted by Gasteiger charge is 2.09. The van der Waals surface area contributed by atoms with Gasteiger partial charge in [0.1, 0.15) is 0 Å². The van der Waals surface area contributed by atoms with Crippen molar-refractivity contribution in [2.75, 3.05) is 0 Å². The maximum Gasteiger partial charge on any atom is 0.491 e. The molecule has 0 aliphatic carbocycles. The molecular weight excluding hydrogens is 201 g/mol. The van der Waals surface area contributed by atoms with E-state index in [1.54, 1.807) is 6.92 Å². The molecule has 0 heterocycles. The van der Waals surface area contributed by atoms with Gasteiger partial charge in [0.15, 0.2) is 0 Å². The van der Waals surface area contributed by atoms with E-state index in [1.807, 2.05) is 30.3 Å². The monoisotopic (exact) mass is 214 g/mol. The van der Waals surface area contributed by atoms with Gasteiger partial charge in [-0.3, -0.25) is 4.79 Å². The van der Waals surface area contributed by atoms with Crippen LogP contribution in [0.4, 0.5) is 0 Å². The number of carbonyl (C=O) groups excluding carboxylic acids is 1. The quantitative estimate of drug-likeness (QED) is 0.725. The molecule has 0 fully saturated rings. The molecule has 0 aromatic heterocycles. The van der Waals surface area contributed by atoms with E-state index in [2.05, 4.69) is 0 Å². The first-order chi connectivity index (χ1) is 6.63. The lowest BCUT2D eigenvalue weighted by molar-refractivity contribution is -0.119. The van der Waals surface area contributed by atoms with Crippen LogP contribution in [-0.2, 0) is 9.36 Å². The molecule has 3 N–H and O–H groups in total. The lowest BCUT2D eigenvalue weighted by Gasteiger charge is -2.05. The van der Waals surface area contributed by atoms with Gasteiger partial charge in [-0.15, -0.1) is 0 Å². The van der Waals surface area contributed by atoms with Gasteiger partial charge in [-0.05, 0) is 17.1 Å². The molecule has 14 heavy (non-hydrogen) atoms. The first-order valence-corrected chi connectivity index (χ1v) is 4.84. The predicted molar refractivity (Wildman–Crippen MR) is 55.3 cm³/mol. The molecule has 5 heteroatoms. The number of rotatable bonds is 2. The maximum absolute atomic E-state index is 10.7. The first kappa shape index (κ1) is 12.8. The van der Waals surface area contributed by atoms with Crippen molar-refractivity contribution in [3.63, 3.8) is 0 Å². The van der Waals surface area contributed by atoms with Gasteiger partial charge >= 0.3 is 8.69 Å². The minimum atomic E-state index is -1.17. The van der Waals surface area contributed by atoms with Crippen LogP contribution in [-0.4, -0.2) is 10.8 Å². The number of benzene rings is 1. The molecule has 0 saturated carbocycles. The summed E-state index contributed by atoms with van der Waals surface area (Å²) in [5, 5.41) is 0. The lowest BCUT2D eigenvalue weighted by Crippen LogP contribution is -2.18. The molecule has 1 amide bonds. The van der Waals surface area contributed by atoms with Crippen LogP contribution >= 0.6 is 8.69 Å². The number of carbonyl (C=O) groups is 1. The third-order valence-electron chi connectivity index (χ3n) is 1.73. The minimum absolute atomic E-state index is 0.184. The Bertz CT molecular complexity index is 289. The Morgan fingerprint density at radius 1 is 1.43 bits per heavy atom. The Morgan fingerprint density at radius 2 is 1.86 bits per heavy atom. The second-order valence-electron chi connectivity index (χ2n) is 2.63. The van der Waals surface area contributed by atoms with E-state index in [0.717, 1.165) is 5.56 Å². The molecule has 2 atom stereocenters. The zero-order valence-electron chi connectivity index (χ0n) is 7.81. The largest absolute Gasteiger partial charge is 0.491 e. The highest BCUT2D eigenvalue weighted by Crippen LogP contribution is 2.12. The van der Waals surface area contributed by atoms with Gasteiger partial charge in [-0.2, -0.15) is 4.89 Å². The van der Waals surface area contributed by atoms with Crippen LogP contribution < -0.4 is 5.73 Å². The normalized spacial score (nSPS) is 11.3. The van der Waals surface area contributed by atoms with E-state index < -0.39 is 8.69 Å². The fourth-order valence-corrected chi connectivity index (χ4v) is 0.906. The van der Waals surface area contributed by atoms with Gasteiger partial charge in [-0.25, -0.2) is 0 Å². The van der Waals surface area contributed by atoms with E-state index >= 15 is 0 Å².